The van der Waals surface area contributed by atoms with Crippen molar-refractivity contribution in [3.05, 3.63) is 34.1 Å². The first kappa shape index (κ1) is 14.6. The summed E-state index contributed by atoms with van der Waals surface area (Å²) in [4.78, 5) is 23.9. The van der Waals surface area contributed by atoms with E-state index in [4.69, 9.17) is 0 Å². The summed E-state index contributed by atoms with van der Waals surface area (Å²) in [5, 5.41) is 9.23. The van der Waals surface area contributed by atoms with Gasteiger partial charge in [0.25, 0.3) is 0 Å². The summed E-state index contributed by atoms with van der Waals surface area (Å²) in [5.41, 5.74) is 0.354. The van der Waals surface area contributed by atoms with E-state index in [1.165, 1.54) is 30.0 Å². The number of aliphatic carboxylic acids is 1. The fourth-order valence-electron chi connectivity index (χ4n) is 1.73. The maximum absolute atomic E-state index is 13.1. The number of nitrogens with zero attached hydrogens (tertiary/aromatic N) is 1. The number of carbonyl (C=O) groups excluding carboxylic acids is 1. The van der Waals surface area contributed by atoms with Gasteiger partial charge in [-0.2, -0.15) is 0 Å². The molecular formula is C12H13BrFNO3. The van der Waals surface area contributed by atoms with E-state index in [9.17, 15) is 19.1 Å². The molecule has 0 saturated heterocycles. The van der Waals surface area contributed by atoms with E-state index in [0.717, 1.165) is 0 Å². The first-order valence-corrected chi connectivity index (χ1v) is 6.12. The van der Waals surface area contributed by atoms with E-state index in [1.807, 2.05) is 0 Å². The van der Waals surface area contributed by atoms with Crippen molar-refractivity contribution in [2.75, 3.05) is 6.54 Å². The summed E-state index contributed by atoms with van der Waals surface area (Å²) in [6, 6.07) is 2.80. The van der Waals surface area contributed by atoms with Crippen LogP contribution in [0.15, 0.2) is 22.7 Å². The second-order valence-corrected chi connectivity index (χ2v) is 4.57. The van der Waals surface area contributed by atoms with Crippen LogP contribution in [-0.4, -0.2) is 28.4 Å². The lowest BCUT2D eigenvalue weighted by Crippen LogP contribution is -2.37. The van der Waals surface area contributed by atoms with Gasteiger partial charge in [0.05, 0.1) is 4.47 Å². The third-order valence-electron chi connectivity index (χ3n) is 2.55. The van der Waals surface area contributed by atoms with Crippen LogP contribution in [0.2, 0.25) is 0 Å². The quantitative estimate of drug-likeness (QED) is 0.928. The molecule has 1 amide bonds. The van der Waals surface area contributed by atoms with Gasteiger partial charge < -0.3 is 10.0 Å². The highest BCUT2D eigenvalue weighted by molar-refractivity contribution is 9.10. The molecule has 4 nitrogen and oxygen atoms in total. The van der Waals surface area contributed by atoms with Gasteiger partial charge in [-0.25, -0.2) is 9.18 Å². The molecule has 0 saturated carbocycles. The number of amides is 1. The van der Waals surface area contributed by atoms with Gasteiger partial charge in [-0.3, -0.25) is 4.79 Å². The van der Waals surface area contributed by atoms with Gasteiger partial charge in [0, 0.05) is 13.5 Å². The molecule has 1 atom stereocenters. The van der Waals surface area contributed by atoms with Crippen LogP contribution >= 0.6 is 15.9 Å². The molecule has 1 aromatic rings. The van der Waals surface area contributed by atoms with Gasteiger partial charge in [0.1, 0.15) is 5.82 Å². The molecule has 1 unspecified atom stereocenters. The molecule has 0 heterocycles. The summed E-state index contributed by atoms with van der Waals surface area (Å²) >= 11 is 3.00. The summed E-state index contributed by atoms with van der Waals surface area (Å²) in [7, 11) is 0. The zero-order valence-electron chi connectivity index (χ0n) is 9.98. The number of carbonyl (C=O) groups is 2. The molecule has 1 rings (SSSR count). The lowest BCUT2D eigenvalue weighted by atomic mass is 10.1. The van der Waals surface area contributed by atoms with Crippen LogP contribution < -0.4 is 0 Å². The number of carboxylic acid groups (broad SMARTS) is 1. The summed E-state index contributed by atoms with van der Waals surface area (Å²) < 4.78 is 13.3. The number of hydrogen-bond acceptors (Lipinski definition) is 2. The fourth-order valence-corrected chi connectivity index (χ4v) is 2.12. The van der Waals surface area contributed by atoms with E-state index < -0.39 is 17.8 Å². The molecule has 18 heavy (non-hydrogen) atoms. The highest BCUT2D eigenvalue weighted by atomic mass is 79.9. The third kappa shape index (κ3) is 3.07. The minimum Gasteiger partial charge on any atom is -0.479 e. The van der Waals surface area contributed by atoms with Crippen molar-refractivity contribution in [2.45, 2.75) is 19.9 Å². The van der Waals surface area contributed by atoms with Crippen molar-refractivity contribution in [1.82, 2.24) is 4.90 Å². The standard InChI is InChI=1S/C12H13BrFNO3/c1-3-15(7(2)16)11(12(17)18)8-4-5-10(14)9(13)6-8/h4-6,11H,3H2,1-2H3,(H,17,18). The van der Waals surface area contributed by atoms with Gasteiger partial charge in [-0.1, -0.05) is 6.07 Å². The Hall–Kier alpha value is -1.43. The summed E-state index contributed by atoms with van der Waals surface area (Å²) in [6.45, 7) is 3.26. The van der Waals surface area contributed by atoms with Crippen LogP contribution in [-0.2, 0) is 9.59 Å². The first-order chi connectivity index (χ1) is 8.38. The average molecular weight is 318 g/mol. The molecule has 0 bridgehead atoms. The number of carboxylic acids is 1. The second kappa shape index (κ2) is 5.95. The van der Waals surface area contributed by atoms with Gasteiger partial charge in [0.2, 0.25) is 5.91 Å². The minimum absolute atomic E-state index is 0.172. The van der Waals surface area contributed by atoms with Crippen LogP contribution in [0, 0.1) is 5.82 Å². The largest absolute Gasteiger partial charge is 0.479 e. The molecule has 0 spiro atoms. The van der Waals surface area contributed by atoms with Crippen molar-refractivity contribution in [3.8, 4) is 0 Å². The lowest BCUT2D eigenvalue weighted by Gasteiger charge is -2.27. The second-order valence-electron chi connectivity index (χ2n) is 3.72. The summed E-state index contributed by atoms with van der Waals surface area (Å²) in [6.07, 6.45) is 0. The Morgan fingerprint density at radius 2 is 2.11 bits per heavy atom. The van der Waals surface area contributed by atoms with E-state index in [1.54, 1.807) is 6.92 Å². The monoisotopic (exact) mass is 317 g/mol. The normalized spacial score (nSPS) is 12.0. The van der Waals surface area contributed by atoms with Gasteiger partial charge >= 0.3 is 5.97 Å². The SMILES string of the molecule is CCN(C(C)=O)C(C(=O)O)c1ccc(F)c(Br)c1. The van der Waals surface area contributed by atoms with Crippen molar-refractivity contribution in [1.29, 1.82) is 0 Å². The molecule has 0 radical (unpaired) electrons. The van der Waals surface area contributed by atoms with Crippen molar-refractivity contribution in [3.63, 3.8) is 0 Å². The van der Waals surface area contributed by atoms with E-state index in [0.29, 0.717) is 5.56 Å². The Morgan fingerprint density at radius 3 is 2.50 bits per heavy atom. The molecule has 6 heteroatoms. The molecule has 1 aromatic carbocycles. The first-order valence-electron chi connectivity index (χ1n) is 5.33. The summed E-state index contributed by atoms with van der Waals surface area (Å²) in [5.74, 6) is -1.97. The molecule has 0 aromatic heterocycles. The van der Waals surface area contributed by atoms with Crippen LogP contribution in [0.5, 0.6) is 0 Å². The number of likely N-dealkylation sites (N-methyl/N-ethyl adjacent to an activating group) is 1. The molecule has 0 fully saturated rings. The van der Waals surface area contributed by atoms with Crippen LogP contribution in [0.1, 0.15) is 25.5 Å². The minimum atomic E-state index is -1.15. The fraction of sp³-hybridized carbons (Fsp3) is 0.333. The maximum atomic E-state index is 13.1. The Morgan fingerprint density at radius 1 is 1.50 bits per heavy atom. The van der Waals surface area contributed by atoms with Crippen LogP contribution in [0.4, 0.5) is 4.39 Å². The number of rotatable bonds is 4. The van der Waals surface area contributed by atoms with E-state index in [2.05, 4.69) is 15.9 Å². The van der Waals surface area contributed by atoms with Crippen molar-refractivity contribution < 1.29 is 19.1 Å². The average Bonchev–Trinajstić information content (AvgIpc) is 2.28. The number of hydrogen-bond donors (Lipinski definition) is 1. The maximum Gasteiger partial charge on any atom is 0.331 e. The predicted molar refractivity (Wildman–Crippen MR) is 67.5 cm³/mol. The third-order valence-corrected chi connectivity index (χ3v) is 3.16. The number of halogens is 2. The topological polar surface area (TPSA) is 57.6 Å². The van der Waals surface area contributed by atoms with Gasteiger partial charge in [-0.05, 0) is 40.5 Å². The molecule has 0 aliphatic carbocycles. The molecule has 1 N–H and O–H groups in total. The lowest BCUT2D eigenvalue weighted by molar-refractivity contribution is -0.149. The molecule has 0 aliphatic heterocycles. The molecular weight excluding hydrogens is 305 g/mol. The predicted octanol–water partition coefficient (Wildman–Crippen LogP) is 2.58. The van der Waals surface area contributed by atoms with Gasteiger partial charge in [0.15, 0.2) is 6.04 Å². The smallest absolute Gasteiger partial charge is 0.331 e. The zero-order chi connectivity index (χ0) is 13.9. The van der Waals surface area contributed by atoms with Crippen LogP contribution in [0.3, 0.4) is 0 Å². The van der Waals surface area contributed by atoms with E-state index >= 15 is 0 Å². The molecule has 0 aliphatic rings. The Kier molecular flexibility index (Phi) is 4.84. The Labute approximate surface area is 113 Å². The Bertz CT molecular complexity index is 478. The van der Waals surface area contributed by atoms with Crippen molar-refractivity contribution >= 4 is 27.8 Å². The van der Waals surface area contributed by atoms with Crippen molar-refractivity contribution in [2.24, 2.45) is 0 Å². The van der Waals surface area contributed by atoms with Gasteiger partial charge in [-0.15, -0.1) is 0 Å². The van der Waals surface area contributed by atoms with Crippen LogP contribution in [0.25, 0.3) is 0 Å². The Balaban J connectivity index is 3.23. The number of benzene rings is 1. The zero-order valence-corrected chi connectivity index (χ0v) is 11.6. The molecule has 98 valence electrons. The highest BCUT2D eigenvalue weighted by Gasteiger charge is 2.28. The van der Waals surface area contributed by atoms with E-state index in [-0.39, 0.29) is 16.9 Å². The highest BCUT2D eigenvalue weighted by Crippen LogP contribution is 2.25.